The van der Waals surface area contributed by atoms with Gasteiger partial charge < -0.3 is 56.9 Å². The highest BCUT2D eigenvalue weighted by Crippen LogP contribution is 2.35. The number of urea groups is 1. The molecule has 0 radical (unpaired) electrons. The van der Waals surface area contributed by atoms with Crippen molar-refractivity contribution in [1.82, 2.24) is 31.5 Å². The zero-order chi connectivity index (χ0) is 55.8. The van der Waals surface area contributed by atoms with Crippen molar-refractivity contribution in [2.75, 3.05) is 62.7 Å². The zero-order valence-electron chi connectivity index (χ0n) is 46.4. The summed E-state index contributed by atoms with van der Waals surface area (Å²) in [5, 5.41) is 17.2. The molecule has 3 aromatic carbocycles. The normalized spacial score (nSPS) is 14.3. The van der Waals surface area contributed by atoms with Gasteiger partial charge >= 0.3 is 12.1 Å². The molecule has 416 valence electrons. The van der Waals surface area contributed by atoms with Crippen LogP contribution in [0.3, 0.4) is 0 Å². The first kappa shape index (κ1) is 61.8. The number of benzene rings is 3. The molecule has 0 fully saturated rings. The van der Waals surface area contributed by atoms with Crippen LogP contribution in [0.25, 0.3) is 0 Å². The monoisotopic (exact) mass is 1050 g/mol. The van der Waals surface area contributed by atoms with Gasteiger partial charge in [0.1, 0.15) is 18.7 Å². The second kappa shape index (κ2) is 30.7. The van der Waals surface area contributed by atoms with Gasteiger partial charge in [0.2, 0.25) is 29.5 Å². The van der Waals surface area contributed by atoms with E-state index in [1.165, 1.54) is 5.56 Å². The number of ether oxygens (including phenoxy) is 2. The highest BCUT2D eigenvalue weighted by molar-refractivity contribution is 5.99. The number of nitrogens with one attached hydrogen (secondary N) is 6. The number of primary amides is 1. The van der Waals surface area contributed by atoms with Gasteiger partial charge in [-0.3, -0.25) is 24.0 Å². The van der Waals surface area contributed by atoms with Crippen molar-refractivity contribution in [3.63, 3.8) is 0 Å². The topological polar surface area (TPSA) is 243 Å². The lowest BCUT2D eigenvalue weighted by Crippen LogP contribution is -2.55. The van der Waals surface area contributed by atoms with E-state index in [4.69, 9.17) is 15.2 Å². The van der Waals surface area contributed by atoms with Gasteiger partial charge in [0.15, 0.2) is 0 Å². The molecule has 8 amide bonds. The van der Waals surface area contributed by atoms with Gasteiger partial charge in [-0.05, 0) is 91.4 Å². The lowest BCUT2D eigenvalue weighted by molar-refractivity contribution is -0.133. The molecular weight excluding hydrogens is 967 g/mol. The van der Waals surface area contributed by atoms with Gasteiger partial charge in [-0.2, -0.15) is 0 Å². The molecule has 0 bridgehead atoms. The third-order valence-electron chi connectivity index (χ3n) is 13.1. The number of anilines is 2. The number of amides is 8. The number of nitrogens with zero attached hydrogens (tertiary/aromatic N) is 2. The van der Waals surface area contributed by atoms with Crippen LogP contribution in [-0.2, 0) is 53.0 Å². The summed E-state index contributed by atoms with van der Waals surface area (Å²) in [4.78, 5) is 95.5. The van der Waals surface area contributed by atoms with E-state index >= 15 is 0 Å². The molecule has 0 saturated carbocycles. The van der Waals surface area contributed by atoms with Crippen LogP contribution >= 0.6 is 0 Å². The molecular formula is C58H85N9O9. The highest BCUT2D eigenvalue weighted by atomic mass is 16.6. The van der Waals surface area contributed by atoms with Crippen molar-refractivity contribution in [3.05, 3.63) is 107 Å². The maximum Gasteiger partial charge on any atom is 0.410 e. The summed E-state index contributed by atoms with van der Waals surface area (Å²) in [6.45, 7) is 21.1. The fourth-order valence-electron chi connectivity index (χ4n) is 8.86. The molecule has 0 spiro atoms. The van der Waals surface area contributed by atoms with Crippen LogP contribution in [0.15, 0.2) is 84.9 Å². The fraction of sp³-hybridized carbons (Fsp3) is 0.534. The predicted octanol–water partition coefficient (Wildman–Crippen LogP) is 7.07. The number of hydrogen-bond acceptors (Lipinski definition) is 10. The van der Waals surface area contributed by atoms with E-state index in [9.17, 15) is 33.6 Å². The van der Waals surface area contributed by atoms with Crippen molar-refractivity contribution in [2.45, 2.75) is 132 Å². The molecule has 0 saturated heterocycles. The first-order valence-electron chi connectivity index (χ1n) is 26.7. The van der Waals surface area contributed by atoms with Gasteiger partial charge in [-0.15, -0.1) is 0 Å². The van der Waals surface area contributed by atoms with Crippen LogP contribution in [0.4, 0.5) is 21.0 Å². The number of allylic oxidation sites excluding steroid dienone is 2. The summed E-state index contributed by atoms with van der Waals surface area (Å²) >= 11 is 0. The van der Waals surface area contributed by atoms with E-state index in [0.29, 0.717) is 50.4 Å². The second-order valence-corrected chi connectivity index (χ2v) is 21.4. The number of rotatable bonds is 29. The summed E-state index contributed by atoms with van der Waals surface area (Å²) in [5.74, 6) is -1.95. The molecule has 1 aliphatic rings. The highest BCUT2D eigenvalue weighted by Gasteiger charge is 2.32. The average molecular weight is 1050 g/mol. The van der Waals surface area contributed by atoms with Crippen molar-refractivity contribution in [1.29, 1.82) is 0 Å². The Kier molecular flexibility index (Phi) is 24.9. The number of hydrogen-bond donors (Lipinski definition) is 7. The zero-order valence-corrected chi connectivity index (χ0v) is 46.4. The largest absolute Gasteiger partial charge is 0.445 e. The summed E-state index contributed by atoms with van der Waals surface area (Å²) in [7, 11) is 0. The lowest BCUT2D eigenvalue weighted by Gasteiger charge is -2.31. The molecule has 76 heavy (non-hydrogen) atoms. The minimum atomic E-state index is -1.04. The number of carbonyl (C=O) groups excluding carboxylic acids is 7. The first-order chi connectivity index (χ1) is 36.1. The molecule has 8 N–H and O–H groups in total. The van der Waals surface area contributed by atoms with Crippen molar-refractivity contribution < 1.29 is 43.0 Å². The molecule has 18 nitrogen and oxygen atoms in total. The van der Waals surface area contributed by atoms with E-state index < -0.39 is 46.9 Å². The molecule has 3 aromatic rings. The number of likely N-dealkylation sites (N-methyl/N-ethyl adjacent to an activating group) is 2. The van der Waals surface area contributed by atoms with Gasteiger partial charge in [0.25, 0.3) is 0 Å². The second-order valence-electron chi connectivity index (χ2n) is 21.4. The molecule has 1 unspecified atom stereocenters. The SMILES string of the molecule is C/C=C/C1Cc2ccccc2N(C(=O)CCC(=O)NCC(C)(C)COCC(C)(C)CC(=O)N[C@H](C(=O)N[C@@H](CCCNC(N)=O)C(=O)Nc2ccc(COC(=O)N(CC)CCNCC)cc2)C(C)C)Cc2ccccc21. The smallest absolute Gasteiger partial charge is 0.410 e. The van der Waals surface area contributed by atoms with E-state index in [-0.39, 0.29) is 81.6 Å². The predicted molar refractivity (Wildman–Crippen MR) is 297 cm³/mol. The Balaban J connectivity index is 1.26. The van der Waals surface area contributed by atoms with Crippen LogP contribution in [0.1, 0.15) is 123 Å². The summed E-state index contributed by atoms with van der Waals surface area (Å²) in [6.07, 6.45) is 5.19. The minimum absolute atomic E-state index is 0.0311. The van der Waals surface area contributed by atoms with E-state index in [0.717, 1.165) is 29.8 Å². The maximum atomic E-state index is 13.9. The van der Waals surface area contributed by atoms with E-state index in [2.05, 4.69) is 62.3 Å². The molecule has 4 rings (SSSR count). The van der Waals surface area contributed by atoms with Crippen molar-refractivity contribution in [3.8, 4) is 0 Å². The number of carbonyl (C=O) groups is 7. The standard InChI is InChI=1S/C58H85N9O9/c1-10-18-42-33-43-19-14-16-23-48(43)67(35-44-20-13-15-21-46(42)44)51(70)29-28-49(68)62-37-58(8,9)39-75-38-57(6,7)34-50(69)65-52(40(4)5)54(72)64-47(22-17-30-61-55(59)73)53(71)63-45-26-24-41(25-27-45)36-76-56(74)66(12-3)32-31-60-11-2/h10,13-16,18-21,23-27,40,42,47,52,60H,11-12,17,22,28-39H2,1-9H3,(H,62,68)(H,63,71)(H,64,72)(H,65,69)(H3,59,61,73)/b18-10+/t42?,47-,52-/m0/s1. The first-order valence-corrected chi connectivity index (χ1v) is 26.7. The maximum absolute atomic E-state index is 13.9. The van der Waals surface area contributed by atoms with Gasteiger partial charge in [-0.25, -0.2) is 9.59 Å². The minimum Gasteiger partial charge on any atom is -0.445 e. The Bertz CT molecular complexity index is 2420. The Hall–Kier alpha value is -6.79. The number of para-hydroxylation sites is 1. The Morgan fingerprint density at radius 1 is 0.816 bits per heavy atom. The van der Waals surface area contributed by atoms with Crippen LogP contribution in [0.2, 0.25) is 0 Å². The Morgan fingerprint density at radius 3 is 2.17 bits per heavy atom. The van der Waals surface area contributed by atoms with Gasteiger partial charge in [0, 0.05) is 74.7 Å². The molecule has 1 heterocycles. The summed E-state index contributed by atoms with van der Waals surface area (Å²) in [6, 6.07) is 20.3. The molecule has 18 heteroatoms. The van der Waals surface area contributed by atoms with Crippen molar-refractivity contribution in [2.24, 2.45) is 22.5 Å². The molecule has 0 aromatic heterocycles. The Labute approximate surface area is 450 Å². The van der Waals surface area contributed by atoms with E-state index in [1.807, 2.05) is 78.8 Å². The van der Waals surface area contributed by atoms with Crippen LogP contribution < -0.4 is 42.5 Å². The average Bonchev–Trinajstić information content (AvgIpc) is 3.37. The fourth-order valence-corrected chi connectivity index (χ4v) is 8.86. The third kappa shape index (κ3) is 20.7. The third-order valence-corrected chi connectivity index (χ3v) is 13.1. The van der Waals surface area contributed by atoms with Gasteiger partial charge in [0.05, 0.1) is 19.8 Å². The number of nitrogens with two attached hydrogens (primary N) is 1. The van der Waals surface area contributed by atoms with Crippen LogP contribution in [0.5, 0.6) is 0 Å². The quantitative estimate of drug-likeness (QED) is 0.0275. The summed E-state index contributed by atoms with van der Waals surface area (Å²) in [5.41, 5.74) is 9.50. The number of fused-ring (bicyclic) bond motifs is 2. The Morgan fingerprint density at radius 2 is 1.50 bits per heavy atom. The molecule has 1 aliphatic heterocycles. The van der Waals surface area contributed by atoms with Crippen molar-refractivity contribution >= 4 is 53.0 Å². The van der Waals surface area contributed by atoms with Crippen LogP contribution in [0, 0.1) is 16.7 Å². The van der Waals surface area contributed by atoms with Crippen LogP contribution in [-0.4, -0.2) is 111 Å². The van der Waals surface area contributed by atoms with E-state index in [1.54, 1.807) is 47.9 Å². The molecule has 3 atom stereocenters. The lowest BCUT2D eigenvalue weighted by atomic mass is 9.86. The molecule has 0 aliphatic carbocycles. The summed E-state index contributed by atoms with van der Waals surface area (Å²) < 4.78 is 11.6. The van der Waals surface area contributed by atoms with Gasteiger partial charge in [-0.1, -0.05) is 115 Å².